The number of imide groups is 1. The fourth-order valence-electron chi connectivity index (χ4n) is 3.51. The van der Waals surface area contributed by atoms with Gasteiger partial charge in [0, 0.05) is 11.3 Å². The second-order valence-corrected chi connectivity index (χ2v) is 8.19. The maximum Gasteiger partial charge on any atom is 0.325 e. The number of benzene rings is 2. The number of fused-ring (bicyclic) bond motifs is 1. The SMILES string of the molecule is CC(C)c1nc(CN2C(=O)NC(C)(c3cccc4ccccc34)C2=O)cs1. The Kier molecular flexibility index (Phi) is 4.23. The van der Waals surface area contributed by atoms with Crippen LogP contribution in [0.1, 0.15) is 43.0 Å². The van der Waals surface area contributed by atoms with Crippen LogP contribution in [0, 0.1) is 0 Å². The molecular weight excluding hydrogens is 358 g/mol. The number of hydrogen-bond donors (Lipinski definition) is 1. The Morgan fingerprint density at radius 1 is 1.15 bits per heavy atom. The minimum absolute atomic E-state index is 0.189. The van der Waals surface area contributed by atoms with E-state index in [9.17, 15) is 9.59 Å². The molecule has 0 spiro atoms. The Hall–Kier alpha value is -2.73. The van der Waals surface area contributed by atoms with Gasteiger partial charge in [0.2, 0.25) is 0 Å². The van der Waals surface area contributed by atoms with E-state index in [0.717, 1.165) is 27.0 Å². The average Bonchev–Trinajstić information content (AvgIpc) is 3.21. The van der Waals surface area contributed by atoms with Crippen LogP contribution in [0.5, 0.6) is 0 Å². The summed E-state index contributed by atoms with van der Waals surface area (Å²) >= 11 is 1.56. The van der Waals surface area contributed by atoms with Crippen molar-refractivity contribution in [3.8, 4) is 0 Å². The summed E-state index contributed by atoms with van der Waals surface area (Å²) in [4.78, 5) is 31.7. The van der Waals surface area contributed by atoms with E-state index in [1.807, 2.05) is 47.8 Å². The third-order valence-electron chi connectivity index (χ3n) is 4.99. The van der Waals surface area contributed by atoms with Gasteiger partial charge in [-0.2, -0.15) is 0 Å². The molecule has 2 aromatic carbocycles. The van der Waals surface area contributed by atoms with Gasteiger partial charge in [0.15, 0.2) is 0 Å². The highest BCUT2D eigenvalue weighted by Crippen LogP contribution is 2.34. The highest BCUT2D eigenvalue weighted by atomic mass is 32.1. The van der Waals surface area contributed by atoms with Gasteiger partial charge < -0.3 is 5.32 Å². The van der Waals surface area contributed by atoms with Crippen LogP contribution in [-0.2, 0) is 16.9 Å². The van der Waals surface area contributed by atoms with Gasteiger partial charge in [0.25, 0.3) is 5.91 Å². The molecule has 1 fully saturated rings. The highest BCUT2D eigenvalue weighted by molar-refractivity contribution is 7.09. The number of rotatable bonds is 4. The zero-order chi connectivity index (χ0) is 19.2. The fourth-order valence-corrected chi connectivity index (χ4v) is 4.33. The van der Waals surface area contributed by atoms with E-state index < -0.39 is 5.54 Å². The fraction of sp³-hybridized carbons (Fsp3) is 0.286. The van der Waals surface area contributed by atoms with Crippen molar-refractivity contribution in [2.45, 2.75) is 38.8 Å². The van der Waals surface area contributed by atoms with Gasteiger partial charge in [-0.1, -0.05) is 56.3 Å². The lowest BCUT2D eigenvalue weighted by atomic mass is 9.88. The molecule has 1 saturated heterocycles. The van der Waals surface area contributed by atoms with Crippen LogP contribution in [0.4, 0.5) is 4.79 Å². The van der Waals surface area contributed by atoms with Gasteiger partial charge in [-0.15, -0.1) is 11.3 Å². The van der Waals surface area contributed by atoms with E-state index in [4.69, 9.17) is 0 Å². The van der Waals surface area contributed by atoms with E-state index in [-0.39, 0.29) is 18.5 Å². The molecule has 4 rings (SSSR count). The van der Waals surface area contributed by atoms with Crippen LogP contribution >= 0.6 is 11.3 Å². The maximum absolute atomic E-state index is 13.2. The number of carbonyl (C=O) groups excluding carboxylic acids is 2. The second-order valence-electron chi connectivity index (χ2n) is 7.30. The van der Waals surface area contributed by atoms with E-state index in [2.05, 4.69) is 24.1 Å². The summed E-state index contributed by atoms with van der Waals surface area (Å²) < 4.78 is 0. The molecule has 0 saturated carbocycles. The summed E-state index contributed by atoms with van der Waals surface area (Å²) in [5.74, 6) is 0.0794. The number of nitrogens with one attached hydrogen (secondary N) is 1. The van der Waals surface area contributed by atoms with Gasteiger partial charge in [0.05, 0.1) is 17.2 Å². The smallest absolute Gasteiger partial charge is 0.319 e. The Morgan fingerprint density at radius 3 is 2.63 bits per heavy atom. The molecule has 27 heavy (non-hydrogen) atoms. The van der Waals surface area contributed by atoms with Crippen molar-refractivity contribution in [2.24, 2.45) is 0 Å². The zero-order valence-corrected chi connectivity index (χ0v) is 16.3. The van der Waals surface area contributed by atoms with Crippen LogP contribution < -0.4 is 5.32 Å². The standard InChI is InChI=1S/C21H21N3O2S/c1-13(2)18-22-15(12-27-18)11-24-19(25)21(3,23-20(24)26)17-10-6-8-14-7-4-5-9-16(14)17/h4-10,12-13H,11H2,1-3H3,(H,23,26). The molecular formula is C21H21N3O2S. The number of nitrogens with zero attached hydrogens (tertiary/aromatic N) is 2. The molecule has 1 aliphatic heterocycles. The minimum Gasteiger partial charge on any atom is -0.319 e. The van der Waals surface area contributed by atoms with Gasteiger partial charge in [-0.3, -0.25) is 9.69 Å². The molecule has 138 valence electrons. The van der Waals surface area contributed by atoms with Gasteiger partial charge in [-0.25, -0.2) is 9.78 Å². The Morgan fingerprint density at radius 2 is 1.89 bits per heavy atom. The van der Waals surface area contributed by atoms with Crippen molar-refractivity contribution in [1.29, 1.82) is 0 Å². The number of carbonyl (C=O) groups is 2. The van der Waals surface area contributed by atoms with Crippen LogP contribution in [-0.4, -0.2) is 21.8 Å². The van der Waals surface area contributed by atoms with Crippen molar-refractivity contribution in [1.82, 2.24) is 15.2 Å². The first-order chi connectivity index (χ1) is 12.9. The van der Waals surface area contributed by atoms with Crippen molar-refractivity contribution in [3.05, 3.63) is 64.1 Å². The molecule has 0 bridgehead atoms. The summed E-state index contributed by atoms with van der Waals surface area (Å²) in [6.45, 7) is 6.12. The first-order valence-electron chi connectivity index (χ1n) is 8.97. The molecule has 3 aromatic rings. The normalized spacial score (nSPS) is 19.9. The molecule has 1 unspecified atom stereocenters. The predicted molar refractivity (Wildman–Crippen MR) is 107 cm³/mol. The monoisotopic (exact) mass is 379 g/mol. The molecule has 1 N–H and O–H groups in total. The van der Waals surface area contributed by atoms with E-state index in [1.165, 1.54) is 4.90 Å². The summed E-state index contributed by atoms with van der Waals surface area (Å²) in [5.41, 5.74) is 0.464. The lowest BCUT2D eigenvalue weighted by Crippen LogP contribution is -2.41. The Balaban J connectivity index is 1.68. The van der Waals surface area contributed by atoms with E-state index >= 15 is 0 Å². The number of aromatic nitrogens is 1. The van der Waals surface area contributed by atoms with Gasteiger partial charge >= 0.3 is 6.03 Å². The molecule has 0 radical (unpaired) electrons. The summed E-state index contributed by atoms with van der Waals surface area (Å²) in [5, 5.41) is 7.84. The Labute approximate surface area is 162 Å². The van der Waals surface area contributed by atoms with Crippen molar-refractivity contribution < 1.29 is 9.59 Å². The number of hydrogen-bond acceptors (Lipinski definition) is 4. The molecule has 1 aliphatic rings. The van der Waals surface area contributed by atoms with Crippen molar-refractivity contribution >= 4 is 34.0 Å². The lowest BCUT2D eigenvalue weighted by molar-refractivity contribution is -0.131. The minimum atomic E-state index is -1.09. The first-order valence-corrected chi connectivity index (χ1v) is 9.85. The molecule has 3 amide bonds. The molecule has 1 atom stereocenters. The van der Waals surface area contributed by atoms with Crippen LogP contribution in [0.2, 0.25) is 0 Å². The van der Waals surface area contributed by atoms with Gasteiger partial charge in [-0.05, 0) is 23.3 Å². The van der Waals surface area contributed by atoms with Gasteiger partial charge in [0.1, 0.15) is 5.54 Å². The first kappa shape index (κ1) is 17.7. The second kappa shape index (κ2) is 6.46. The van der Waals surface area contributed by atoms with Crippen LogP contribution in [0.15, 0.2) is 47.8 Å². The molecule has 1 aromatic heterocycles. The highest BCUT2D eigenvalue weighted by Gasteiger charge is 2.49. The quantitative estimate of drug-likeness (QED) is 0.684. The largest absolute Gasteiger partial charge is 0.325 e. The predicted octanol–water partition coefficient (Wildman–Crippen LogP) is 4.39. The molecule has 0 aliphatic carbocycles. The summed E-state index contributed by atoms with van der Waals surface area (Å²) in [6, 6.07) is 13.3. The molecule has 2 heterocycles. The lowest BCUT2D eigenvalue weighted by Gasteiger charge is -2.24. The number of urea groups is 1. The van der Waals surface area contributed by atoms with Crippen LogP contribution in [0.25, 0.3) is 10.8 Å². The number of amides is 3. The third kappa shape index (κ3) is 2.90. The van der Waals surface area contributed by atoms with Crippen molar-refractivity contribution in [3.63, 3.8) is 0 Å². The maximum atomic E-state index is 13.2. The average molecular weight is 379 g/mol. The number of thiazole rings is 1. The zero-order valence-electron chi connectivity index (χ0n) is 15.5. The summed E-state index contributed by atoms with van der Waals surface area (Å²) in [7, 11) is 0. The topological polar surface area (TPSA) is 62.3 Å². The van der Waals surface area contributed by atoms with Crippen molar-refractivity contribution in [2.75, 3.05) is 0 Å². The summed E-state index contributed by atoms with van der Waals surface area (Å²) in [6.07, 6.45) is 0. The van der Waals surface area contributed by atoms with Crippen LogP contribution in [0.3, 0.4) is 0 Å². The third-order valence-corrected chi connectivity index (χ3v) is 6.18. The molecule has 5 nitrogen and oxygen atoms in total. The molecule has 6 heteroatoms. The van der Waals surface area contributed by atoms with E-state index in [1.54, 1.807) is 18.3 Å². The van der Waals surface area contributed by atoms with E-state index in [0.29, 0.717) is 5.92 Å². The Bertz CT molecular complexity index is 1040.